The first-order chi connectivity index (χ1) is 5.91. The van der Waals surface area contributed by atoms with E-state index in [1.54, 1.807) is 0 Å². The van der Waals surface area contributed by atoms with Crippen LogP contribution < -0.4 is 5.30 Å². The lowest BCUT2D eigenvalue weighted by Crippen LogP contribution is -1.97. The van der Waals surface area contributed by atoms with Crippen molar-refractivity contribution in [1.82, 2.24) is 0 Å². The lowest BCUT2D eigenvalue weighted by molar-refractivity contribution is 0.867. The molecule has 0 aromatic heterocycles. The Hall–Kier alpha value is 0.450. The fraction of sp³-hybridized carbons (Fsp3) is 0.333. The lowest BCUT2D eigenvalue weighted by atomic mass is 10.0. The van der Waals surface area contributed by atoms with Crippen molar-refractivity contribution < 1.29 is 0 Å². The lowest BCUT2D eigenvalue weighted by Gasteiger charge is -2.08. The van der Waals surface area contributed by atoms with E-state index < -0.39 is 4.74 Å². The predicted octanol–water partition coefficient (Wildman–Crippen LogP) is 4.22. The Morgan fingerprint density at radius 2 is 1.62 bits per heavy atom. The summed E-state index contributed by atoms with van der Waals surface area (Å²) in [5, 5.41) is 0.871. The monoisotopic (exact) mass is 252 g/mol. The first-order valence-electron chi connectivity index (χ1n) is 4.01. The Morgan fingerprint density at radius 1 is 1.15 bits per heavy atom. The van der Waals surface area contributed by atoms with Crippen LogP contribution in [0.1, 0.15) is 25.3 Å². The van der Waals surface area contributed by atoms with E-state index in [9.17, 15) is 0 Å². The highest BCUT2D eigenvalue weighted by atomic mass is 35.9. The van der Waals surface area contributed by atoms with Crippen LogP contribution in [0.2, 0.25) is 0 Å². The van der Waals surface area contributed by atoms with E-state index in [2.05, 4.69) is 13.8 Å². The maximum Gasteiger partial charge on any atom is 0.147 e. The van der Waals surface area contributed by atoms with Crippen molar-refractivity contribution in [2.75, 3.05) is 0 Å². The van der Waals surface area contributed by atoms with Crippen LogP contribution in [-0.4, -0.2) is 0 Å². The van der Waals surface area contributed by atoms with E-state index in [4.69, 9.17) is 34.3 Å². The smallest absolute Gasteiger partial charge is 0.0633 e. The number of benzene rings is 1. The Bertz CT molecular complexity index is 326. The average molecular weight is 253 g/mol. The van der Waals surface area contributed by atoms with Crippen LogP contribution in [0.25, 0.3) is 0 Å². The third-order valence-corrected chi connectivity index (χ3v) is 4.56. The highest BCUT2D eigenvalue weighted by molar-refractivity contribution is 8.42. The Kier molecular flexibility index (Phi) is 3.82. The third kappa shape index (κ3) is 3.25. The molecule has 0 bridgehead atoms. The van der Waals surface area contributed by atoms with Crippen LogP contribution >= 0.6 is 27.2 Å². The molecule has 0 radical (unpaired) electrons. The molecular weight excluding hydrogens is 242 g/mol. The molecule has 0 aliphatic heterocycles. The highest BCUT2D eigenvalue weighted by Crippen LogP contribution is 2.55. The van der Waals surface area contributed by atoms with Crippen LogP contribution in [0.15, 0.2) is 24.3 Å². The van der Waals surface area contributed by atoms with Gasteiger partial charge in [0.05, 0.1) is 0 Å². The maximum atomic E-state index is 5.88. The van der Waals surface area contributed by atoms with Gasteiger partial charge in [-0.3, -0.25) is 0 Å². The zero-order valence-corrected chi connectivity index (χ0v) is 10.7. The largest absolute Gasteiger partial charge is 0.147 e. The van der Waals surface area contributed by atoms with Gasteiger partial charge in [0.15, 0.2) is 0 Å². The summed E-state index contributed by atoms with van der Waals surface area (Å²) in [5.41, 5.74) is 1.28. The minimum atomic E-state index is -2.29. The number of rotatable bonds is 2. The second-order valence-corrected chi connectivity index (χ2v) is 11.1. The molecule has 0 spiro atoms. The van der Waals surface area contributed by atoms with Crippen LogP contribution in [0, 0.1) is 0 Å². The molecule has 72 valence electrons. The Morgan fingerprint density at radius 3 is 1.92 bits per heavy atom. The zero-order chi connectivity index (χ0) is 10.1. The summed E-state index contributed by atoms with van der Waals surface area (Å²) in [5.74, 6) is 0.526. The van der Waals surface area contributed by atoms with Gasteiger partial charge in [-0.05, 0) is 11.5 Å². The van der Waals surface area contributed by atoms with E-state index in [1.165, 1.54) is 5.56 Å². The quantitative estimate of drug-likeness (QED) is 0.711. The average Bonchev–Trinajstić information content (AvgIpc) is 2.03. The Labute approximate surface area is 93.8 Å². The summed E-state index contributed by atoms with van der Waals surface area (Å²) in [6.07, 6.45) is 0. The van der Waals surface area contributed by atoms with Gasteiger partial charge in [0, 0.05) is 5.30 Å². The van der Waals surface area contributed by atoms with Gasteiger partial charge in [0.25, 0.3) is 0 Å². The SMILES string of the molecule is CC(C)c1ccc(P(=S)(Cl)Cl)cc1. The second-order valence-electron chi connectivity index (χ2n) is 3.21. The number of halogens is 2. The minimum absolute atomic E-state index is 0.526. The second kappa shape index (κ2) is 4.31. The fourth-order valence-corrected chi connectivity index (χ4v) is 2.57. The summed E-state index contributed by atoms with van der Waals surface area (Å²) < 4.78 is -2.29. The first kappa shape index (κ1) is 11.5. The van der Waals surface area contributed by atoms with E-state index in [0.29, 0.717) is 5.92 Å². The van der Waals surface area contributed by atoms with Crippen LogP contribution in [0.3, 0.4) is 0 Å². The molecule has 0 saturated heterocycles. The van der Waals surface area contributed by atoms with Crippen molar-refractivity contribution in [2.45, 2.75) is 19.8 Å². The normalized spacial score (nSPS) is 12.1. The maximum absolute atomic E-state index is 5.88. The summed E-state index contributed by atoms with van der Waals surface area (Å²) in [6.45, 7) is 4.29. The number of hydrogen-bond acceptors (Lipinski definition) is 1. The molecule has 0 amide bonds. The van der Waals surface area contributed by atoms with Crippen molar-refractivity contribution >= 4 is 44.3 Å². The van der Waals surface area contributed by atoms with Crippen molar-refractivity contribution in [3.63, 3.8) is 0 Å². The molecule has 0 atom stereocenters. The topological polar surface area (TPSA) is 0 Å². The molecule has 1 aromatic rings. The minimum Gasteiger partial charge on any atom is -0.0633 e. The zero-order valence-electron chi connectivity index (χ0n) is 7.50. The van der Waals surface area contributed by atoms with Gasteiger partial charge < -0.3 is 0 Å². The fourth-order valence-electron chi connectivity index (χ4n) is 1.03. The van der Waals surface area contributed by atoms with Gasteiger partial charge in [-0.15, -0.1) is 0 Å². The van der Waals surface area contributed by atoms with Gasteiger partial charge in [-0.2, -0.15) is 0 Å². The molecule has 0 heterocycles. The van der Waals surface area contributed by atoms with E-state index >= 15 is 0 Å². The molecule has 0 N–H and O–H groups in total. The van der Waals surface area contributed by atoms with Gasteiger partial charge in [0.1, 0.15) is 4.74 Å². The predicted molar refractivity (Wildman–Crippen MR) is 66.2 cm³/mol. The first-order valence-corrected chi connectivity index (χ1v) is 8.62. The molecule has 0 fully saturated rings. The summed E-state index contributed by atoms with van der Waals surface area (Å²) >= 11 is 16.8. The van der Waals surface area contributed by atoms with E-state index in [-0.39, 0.29) is 0 Å². The highest BCUT2D eigenvalue weighted by Gasteiger charge is 2.11. The third-order valence-electron chi connectivity index (χ3n) is 1.86. The summed E-state index contributed by atoms with van der Waals surface area (Å²) in [6, 6.07) is 7.92. The van der Waals surface area contributed by atoms with Crippen LogP contribution in [-0.2, 0) is 11.8 Å². The summed E-state index contributed by atoms with van der Waals surface area (Å²) in [4.78, 5) is 0. The molecule has 4 heteroatoms. The van der Waals surface area contributed by atoms with Crippen molar-refractivity contribution in [1.29, 1.82) is 0 Å². The van der Waals surface area contributed by atoms with Gasteiger partial charge in [-0.1, -0.05) is 72.4 Å². The molecule has 13 heavy (non-hydrogen) atoms. The van der Waals surface area contributed by atoms with E-state index in [0.717, 1.165) is 5.30 Å². The van der Waals surface area contributed by atoms with Crippen LogP contribution in [0.4, 0.5) is 0 Å². The molecule has 0 nitrogen and oxygen atoms in total. The van der Waals surface area contributed by atoms with Crippen molar-refractivity contribution in [2.24, 2.45) is 0 Å². The van der Waals surface area contributed by atoms with Gasteiger partial charge in [0.2, 0.25) is 0 Å². The molecular formula is C9H11Cl2PS. The number of hydrogen-bond donors (Lipinski definition) is 0. The molecule has 1 rings (SSSR count). The molecule has 0 saturated carbocycles. The van der Waals surface area contributed by atoms with Gasteiger partial charge >= 0.3 is 0 Å². The van der Waals surface area contributed by atoms with Crippen LogP contribution in [0.5, 0.6) is 0 Å². The van der Waals surface area contributed by atoms with Gasteiger partial charge in [-0.25, -0.2) is 0 Å². The molecule has 1 aromatic carbocycles. The Balaban J connectivity index is 3.01. The summed E-state index contributed by atoms with van der Waals surface area (Å²) in [7, 11) is 0. The van der Waals surface area contributed by atoms with Crippen molar-refractivity contribution in [3.05, 3.63) is 29.8 Å². The van der Waals surface area contributed by atoms with E-state index in [1.807, 2.05) is 24.3 Å². The molecule has 0 aliphatic rings. The standard InChI is InChI=1S/C9H11Cl2PS/c1-7(2)8-3-5-9(6-4-8)12(10,11)13/h3-7H,1-2H3. The molecule has 0 aliphatic carbocycles. The molecule has 0 unspecified atom stereocenters. The van der Waals surface area contributed by atoms with Crippen molar-refractivity contribution in [3.8, 4) is 0 Å².